The number of amides is 1. The number of carbonyl (C=O) groups excluding carboxylic acids is 1. The lowest BCUT2D eigenvalue weighted by molar-refractivity contribution is -0.121. The Kier molecular flexibility index (Phi) is 5.13. The normalized spacial score (nSPS) is 11.2. The first-order valence-electron chi connectivity index (χ1n) is 7.33. The second-order valence-electron chi connectivity index (χ2n) is 5.13. The smallest absolute Gasteiger partial charge is 0.240 e. The van der Waals surface area contributed by atoms with Crippen LogP contribution in [0.25, 0.3) is 11.0 Å². The van der Waals surface area contributed by atoms with Crippen LogP contribution in [0, 0.1) is 0 Å². The molecule has 0 aliphatic heterocycles. The predicted octanol–water partition coefficient (Wildman–Crippen LogP) is 3.95. The number of carbonyl (C=O) groups is 1. The van der Waals surface area contributed by atoms with Gasteiger partial charge in [-0.15, -0.1) is 0 Å². The maximum absolute atomic E-state index is 11.9. The fourth-order valence-electron chi connectivity index (χ4n) is 2.21. The molecule has 1 amide bonds. The highest BCUT2D eigenvalue weighted by Gasteiger charge is 2.06. The highest BCUT2D eigenvalue weighted by molar-refractivity contribution is 6.38. The van der Waals surface area contributed by atoms with Gasteiger partial charge in [-0.3, -0.25) is 4.79 Å². The summed E-state index contributed by atoms with van der Waals surface area (Å²) in [6.07, 6.45) is 2.21. The average molecular weight is 361 g/mol. The maximum atomic E-state index is 11.9. The SMILES string of the molecule is O=C(CCc1nc2ccccc2[nH]1)N/N=C/c1c(Cl)cccc1Cl. The summed E-state index contributed by atoms with van der Waals surface area (Å²) in [7, 11) is 0. The van der Waals surface area contributed by atoms with E-state index in [-0.39, 0.29) is 12.3 Å². The number of hydrogen-bond acceptors (Lipinski definition) is 3. The second-order valence-corrected chi connectivity index (χ2v) is 5.94. The Morgan fingerprint density at radius 1 is 1.17 bits per heavy atom. The van der Waals surface area contributed by atoms with Crippen LogP contribution in [-0.2, 0) is 11.2 Å². The van der Waals surface area contributed by atoms with Crippen LogP contribution in [0.3, 0.4) is 0 Å². The van der Waals surface area contributed by atoms with Crippen molar-refractivity contribution in [2.75, 3.05) is 0 Å². The van der Waals surface area contributed by atoms with Crippen molar-refractivity contribution in [2.45, 2.75) is 12.8 Å². The van der Waals surface area contributed by atoms with Crippen molar-refractivity contribution in [3.05, 3.63) is 63.9 Å². The molecule has 2 N–H and O–H groups in total. The zero-order valence-electron chi connectivity index (χ0n) is 12.6. The van der Waals surface area contributed by atoms with Crippen LogP contribution in [0.2, 0.25) is 10.0 Å². The van der Waals surface area contributed by atoms with Gasteiger partial charge in [0.05, 0.1) is 27.3 Å². The molecule has 0 spiro atoms. The number of hydrazone groups is 1. The fraction of sp³-hybridized carbons (Fsp3) is 0.118. The van der Waals surface area contributed by atoms with Crippen LogP contribution in [0.1, 0.15) is 17.8 Å². The Labute approximate surface area is 148 Å². The summed E-state index contributed by atoms with van der Waals surface area (Å²) in [5.41, 5.74) is 4.88. The molecule has 1 aromatic heterocycles. The first kappa shape index (κ1) is 16.5. The number of nitrogens with zero attached hydrogens (tertiary/aromatic N) is 2. The Balaban J connectivity index is 1.55. The van der Waals surface area contributed by atoms with Gasteiger partial charge in [0.15, 0.2) is 0 Å². The van der Waals surface area contributed by atoms with Gasteiger partial charge in [0.2, 0.25) is 5.91 Å². The molecule has 3 aromatic rings. The highest BCUT2D eigenvalue weighted by Crippen LogP contribution is 2.22. The monoisotopic (exact) mass is 360 g/mol. The molecule has 0 fully saturated rings. The van der Waals surface area contributed by atoms with Gasteiger partial charge >= 0.3 is 0 Å². The summed E-state index contributed by atoms with van der Waals surface area (Å²) in [6.45, 7) is 0. The van der Waals surface area contributed by atoms with Gasteiger partial charge in [0.25, 0.3) is 0 Å². The van der Waals surface area contributed by atoms with E-state index in [2.05, 4.69) is 20.5 Å². The van der Waals surface area contributed by atoms with Gasteiger partial charge in [-0.05, 0) is 24.3 Å². The first-order valence-corrected chi connectivity index (χ1v) is 8.08. The lowest BCUT2D eigenvalue weighted by atomic mass is 10.2. The third kappa shape index (κ3) is 3.93. The number of aromatic amines is 1. The van der Waals surface area contributed by atoms with Crippen LogP contribution in [-0.4, -0.2) is 22.1 Å². The summed E-state index contributed by atoms with van der Waals surface area (Å²) < 4.78 is 0. The van der Waals surface area contributed by atoms with E-state index in [1.807, 2.05) is 24.3 Å². The Morgan fingerprint density at radius 2 is 1.92 bits per heavy atom. The summed E-state index contributed by atoms with van der Waals surface area (Å²) in [6, 6.07) is 12.9. The van der Waals surface area contributed by atoms with Crippen LogP contribution in [0.4, 0.5) is 0 Å². The van der Waals surface area contributed by atoms with Crippen LogP contribution >= 0.6 is 23.2 Å². The van der Waals surface area contributed by atoms with Gasteiger partial charge in [0, 0.05) is 18.4 Å². The molecular formula is C17H14Cl2N4O. The standard InChI is InChI=1S/C17H14Cl2N4O/c18-12-4-3-5-13(19)11(12)10-20-23-17(24)9-8-16-21-14-6-1-2-7-15(14)22-16/h1-7,10H,8-9H2,(H,21,22)(H,23,24)/b20-10+. The van der Waals surface area contributed by atoms with Gasteiger partial charge in [-0.2, -0.15) is 5.10 Å². The summed E-state index contributed by atoms with van der Waals surface area (Å²) in [5, 5.41) is 4.84. The molecule has 24 heavy (non-hydrogen) atoms. The van der Waals surface area contributed by atoms with Gasteiger partial charge in [0.1, 0.15) is 5.82 Å². The minimum atomic E-state index is -0.213. The number of rotatable bonds is 5. The average Bonchev–Trinajstić information content (AvgIpc) is 2.98. The Morgan fingerprint density at radius 3 is 2.67 bits per heavy atom. The highest BCUT2D eigenvalue weighted by atomic mass is 35.5. The van der Waals surface area contributed by atoms with E-state index in [0.29, 0.717) is 22.0 Å². The number of fused-ring (bicyclic) bond motifs is 1. The van der Waals surface area contributed by atoms with Crippen molar-refractivity contribution in [2.24, 2.45) is 5.10 Å². The number of H-pyrrole nitrogens is 1. The molecule has 2 aromatic carbocycles. The topological polar surface area (TPSA) is 70.1 Å². The number of hydrogen-bond donors (Lipinski definition) is 2. The molecule has 0 aliphatic rings. The molecule has 0 unspecified atom stereocenters. The van der Waals surface area contributed by atoms with Crippen molar-refractivity contribution < 1.29 is 4.79 Å². The molecule has 0 atom stereocenters. The number of aryl methyl sites for hydroxylation is 1. The van der Waals surface area contributed by atoms with Gasteiger partial charge < -0.3 is 4.98 Å². The molecule has 1 heterocycles. The van der Waals surface area contributed by atoms with Gasteiger partial charge in [-0.25, -0.2) is 10.4 Å². The fourth-order valence-corrected chi connectivity index (χ4v) is 2.71. The third-order valence-electron chi connectivity index (χ3n) is 3.41. The molecule has 0 aliphatic carbocycles. The van der Waals surface area contributed by atoms with E-state index in [9.17, 15) is 4.79 Å². The molecule has 0 saturated carbocycles. The summed E-state index contributed by atoms with van der Waals surface area (Å²) in [5.74, 6) is 0.555. The van der Waals surface area contributed by atoms with E-state index in [1.165, 1.54) is 6.21 Å². The van der Waals surface area contributed by atoms with Crippen molar-refractivity contribution in [3.8, 4) is 0 Å². The van der Waals surface area contributed by atoms with Crippen LogP contribution < -0.4 is 5.43 Å². The van der Waals surface area contributed by atoms with E-state index in [0.717, 1.165) is 16.9 Å². The zero-order valence-corrected chi connectivity index (χ0v) is 14.1. The lowest BCUT2D eigenvalue weighted by Crippen LogP contribution is -2.18. The third-order valence-corrected chi connectivity index (χ3v) is 4.07. The van der Waals surface area contributed by atoms with Crippen LogP contribution in [0.15, 0.2) is 47.6 Å². The van der Waals surface area contributed by atoms with Gasteiger partial charge in [-0.1, -0.05) is 41.4 Å². The van der Waals surface area contributed by atoms with E-state index < -0.39 is 0 Å². The number of halogens is 2. The molecule has 0 radical (unpaired) electrons. The minimum Gasteiger partial charge on any atom is -0.342 e. The van der Waals surface area contributed by atoms with Crippen molar-refractivity contribution >= 4 is 46.4 Å². The number of imidazole rings is 1. The number of aromatic nitrogens is 2. The molecule has 0 saturated heterocycles. The van der Waals surface area contributed by atoms with E-state index in [1.54, 1.807) is 18.2 Å². The zero-order chi connectivity index (χ0) is 16.9. The number of benzene rings is 2. The molecule has 122 valence electrons. The predicted molar refractivity (Wildman–Crippen MR) is 96.6 cm³/mol. The Hall–Kier alpha value is -2.37. The van der Waals surface area contributed by atoms with Crippen LogP contribution in [0.5, 0.6) is 0 Å². The quantitative estimate of drug-likeness (QED) is 0.534. The maximum Gasteiger partial charge on any atom is 0.240 e. The Bertz CT molecular complexity index is 851. The summed E-state index contributed by atoms with van der Waals surface area (Å²) in [4.78, 5) is 19.5. The van der Waals surface area contributed by atoms with Crippen molar-refractivity contribution in [1.82, 2.24) is 15.4 Å². The van der Waals surface area contributed by atoms with Crippen molar-refractivity contribution in [1.29, 1.82) is 0 Å². The number of para-hydroxylation sites is 2. The molecule has 7 heteroatoms. The molecular weight excluding hydrogens is 347 g/mol. The van der Waals surface area contributed by atoms with E-state index in [4.69, 9.17) is 23.2 Å². The largest absolute Gasteiger partial charge is 0.342 e. The lowest BCUT2D eigenvalue weighted by Gasteiger charge is -2.01. The van der Waals surface area contributed by atoms with Crippen molar-refractivity contribution in [3.63, 3.8) is 0 Å². The number of nitrogens with one attached hydrogen (secondary N) is 2. The molecule has 3 rings (SSSR count). The second kappa shape index (κ2) is 7.47. The first-order chi connectivity index (χ1) is 11.6. The van der Waals surface area contributed by atoms with E-state index >= 15 is 0 Å². The molecule has 5 nitrogen and oxygen atoms in total. The molecule has 0 bridgehead atoms. The summed E-state index contributed by atoms with van der Waals surface area (Å²) >= 11 is 12.0. The minimum absolute atomic E-state index is 0.213.